The summed E-state index contributed by atoms with van der Waals surface area (Å²) in [6, 6.07) is 9.47. The number of ether oxygens (including phenoxy) is 1. The zero-order valence-corrected chi connectivity index (χ0v) is 10.5. The zero-order chi connectivity index (χ0) is 13.4. The Hall–Kier alpha value is -2.36. The van der Waals surface area contributed by atoms with Crippen molar-refractivity contribution >= 4 is 16.7 Å². The van der Waals surface area contributed by atoms with Crippen LogP contribution in [0.3, 0.4) is 0 Å². The molecule has 2 heterocycles. The van der Waals surface area contributed by atoms with Crippen LogP contribution < -0.4 is 5.56 Å². The number of ketones is 1. The predicted molar refractivity (Wildman–Crippen MR) is 71.8 cm³/mol. The second-order valence-corrected chi connectivity index (χ2v) is 4.62. The normalized spacial score (nSPS) is 18.6. The highest BCUT2D eigenvalue weighted by Gasteiger charge is 2.22. The van der Waals surface area contributed by atoms with Crippen LogP contribution in [0.2, 0.25) is 0 Å². The van der Waals surface area contributed by atoms with Crippen molar-refractivity contribution in [3.8, 4) is 0 Å². The van der Waals surface area contributed by atoms with E-state index in [1.54, 1.807) is 11.6 Å². The summed E-state index contributed by atoms with van der Waals surface area (Å²) in [6.07, 6.45) is 2.48. The molecule has 0 radical (unpaired) electrons. The molecule has 19 heavy (non-hydrogen) atoms. The van der Waals surface area contributed by atoms with E-state index in [0.717, 1.165) is 10.9 Å². The molecule has 0 amide bonds. The van der Waals surface area contributed by atoms with Crippen LogP contribution in [-0.4, -0.2) is 10.4 Å². The van der Waals surface area contributed by atoms with E-state index in [-0.39, 0.29) is 17.8 Å². The van der Waals surface area contributed by atoms with Crippen molar-refractivity contribution in [1.82, 2.24) is 4.57 Å². The maximum Gasteiger partial charge on any atom is 0.257 e. The van der Waals surface area contributed by atoms with Crippen molar-refractivity contribution in [1.29, 1.82) is 0 Å². The number of nitrogens with zero attached hydrogens (tertiary/aromatic N) is 1. The number of pyridine rings is 1. The van der Waals surface area contributed by atoms with Gasteiger partial charge in [-0.1, -0.05) is 18.2 Å². The number of aryl methyl sites for hydroxylation is 1. The molecule has 0 saturated carbocycles. The van der Waals surface area contributed by atoms with Gasteiger partial charge in [-0.3, -0.25) is 9.59 Å². The lowest BCUT2D eigenvalue weighted by Crippen LogP contribution is -2.26. The third kappa shape index (κ3) is 1.95. The summed E-state index contributed by atoms with van der Waals surface area (Å²) >= 11 is 0. The average Bonchev–Trinajstić information content (AvgIpc) is 2.43. The first-order valence-electron chi connectivity index (χ1n) is 6.10. The van der Waals surface area contributed by atoms with Crippen LogP contribution in [-0.2, 0) is 16.6 Å². The number of benzene rings is 1. The minimum atomic E-state index is -0.485. The predicted octanol–water partition coefficient (Wildman–Crippen LogP) is 2.08. The van der Waals surface area contributed by atoms with Gasteiger partial charge in [0.25, 0.3) is 5.56 Å². The quantitative estimate of drug-likeness (QED) is 0.784. The molecule has 1 unspecified atom stereocenters. The van der Waals surface area contributed by atoms with Gasteiger partial charge in [0.05, 0.1) is 23.8 Å². The molecule has 0 fully saturated rings. The topological polar surface area (TPSA) is 48.3 Å². The summed E-state index contributed by atoms with van der Waals surface area (Å²) in [5.41, 5.74) is 1.28. The van der Waals surface area contributed by atoms with Gasteiger partial charge < -0.3 is 9.30 Å². The first kappa shape index (κ1) is 11.7. The lowest BCUT2D eigenvalue weighted by atomic mass is 10.0. The molecule has 1 atom stereocenters. The summed E-state index contributed by atoms with van der Waals surface area (Å²) in [4.78, 5) is 23.8. The molecule has 1 aliphatic heterocycles. The molecule has 1 aromatic carbocycles. The summed E-state index contributed by atoms with van der Waals surface area (Å²) in [5, 5.41) is 0.963. The standard InChI is InChI=1S/C15H13NO3/c1-16-13-5-3-2-4-10(13)8-12(15(16)18)14-9-11(17)6-7-19-14/h2-8,14H,9H2,1H3. The van der Waals surface area contributed by atoms with Crippen molar-refractivity contribution in [2.45, 2.75) is 12.5 Å². The number of carbonyl (C=O) groups excluding carboxylic acids is 1. The Morgan fingerprint density at radius 1 is 1.26 bits per heavy atom. The molecule has 1 aliphatic rings. The monoisotopic (exact) mass is 255 g/mol. The van der Waals surface area contributed by atoms with Crippen LogP contribution in [0, 0.1) is 0 Å². The van der Waals surface area contributed by atoms with Gasteiger partial charge in [0, 0.05) is 13.1 Å². The lowest BCUT2D eigenvalue weighted by molar-refractivity contribution is -0.118. The SMILES string of the molecule is Cn1c(=O)c(C2CC(=O)C=CO2)cc2ccccc21. The fourth-order valence-corrected chi connectivity index (χ4v) is 2.37. The number of carbonyl (C=O) groups is 1. The van der Waals surface area contributed by atoms with Gasteiger partial charge in [-0.25, -0.2) is 0 Å². The number of hydrogen-bond donors (Lipinski definition) is 0. The van der Waals surface area contributed by atoms with E-state index in [1.807, 2.05) is 30.3 Å². The zero-order valence-electron chi connectivity index (χ0n) is 10.5. The van der Waals surface area contributed by atoms with E-state index < -0.39 is 6.10 Å². The highest BCUT2D eigenvalue weighted by atomic mass is 16.5. The van der Waals surface area contributed by atoms with E-state index in [2.05, 4.69) is 0 Å². The highest BCUT2D eigenvalue weighted by Crippen LogP contribution is 2.25. The number of fused-ring (bicyclic) bond motifs is 1. The molecular weight excluding hydrogens is 242 g/mol. The lowest BCUT2D eigenvalue weighted by Gasteiger charge is -2.19. The fraction of sp³-hybridized carbons (Fsp3) is 0.200. The number of allylic oxidation sites excluding steroid dienone is 1. The van der Waals surface area contributed by atoms with Crippen LogP contribution in [0.1, 0.15) is 18.1 Å². The molecule has 0 N–H and O–H groups in total. The number of rotatable bonds is 1. The molecule has 0 bridgehead atoms. The molecule has 3 rings (SSSR count). The second-order valence-electron chi connectivity index (χ2n) is 4.62. The number of hydrogen-bond acceptors (Lipinski definition) is 3. The van der Waals surface area contributed by atoms with Gasteiger partial charge in [-0.2, -0.15) is 0 Å². The Morgan fingerprint density at radius 3 is 2.84 bits per heavy atom. The van der Waals surface area contributed by atoms with Gasteiger partial charge in [-0.15, -0.1) is 0 Å². The Labute approximate surface area is 109 Å². The van der Waals surface area contributed by atoms with Crippen LogP contribution in [0.4, 0.5) is 0 Å². The number of aromatic nitrogens is 1. The molecule has 0 spiro atoms. The van der Waals surface area contributed by atoms with Crippen LogP contribution in [0.5, 0.6) is 0 Å². The molecule has 0 saturated heterocycles. The van der Waals surface area contributed by atoms with Crippen molar-refractivity contribution in [3.05, 3.63) is 58.6 Å². The van der Waals surface area contributed by atoms with Crippen molar-refractivity contribution in [3.63, 3.8) is 0 Å². The minimum Gasteiger partial charge on any atom is -0.493 e. The van der Waals surface area contributed by atoms with Crippen molar-refractivity contribution < 1.29 is 9.53 Å². The summed E-state index contributed by atoms with van der Waals surface area (Å²) < 4.78 is 7.00. The molecule has 4 nitrogen and oxygen atoms in total. The summed E-state index contributed by atoms with van der Waals surface area (Å²) in [7, 11) is 1.73. The van der Waals surface area contributed by atoms with Crippen LogP contribution in [0.15, 0.2) is 47.5 Å². The maximum atomic E-state index is 12.3. The third-order valence-electron chi connectivity index (χ3n) is 3.39. The first-order chi connectivity index (χ1) is 9.16. The summed E-state index contributed by atoms with van der Waals surface area (Å²) in [6.45, 7) is 0. The molecule has 96 valence electrons. The Morgan fingerprint density at radius 2 is 2.05 bits per heavy atom. The van der Waals surface area contributed by atoms with E-state index in [9.17, 15) is 9.59 Å². The molecule has 1 aromatic heterocycles. The van der Waals surface area contributed by atoms with E-state index in [1.165, 1.54) is 12.3 Å². The molecular formula is C15H13NO3. The molecule has 4 heteroatoms. The average molecular weight is 255 g/mol. The van der Waals surface area contributed by atoms with Gasteiger partial charge in [0.2, 0.25) is 0 Å². The van der Waals surface area contributed by atoms with E-state index in [0.29, 0.717) is 5.56 Å². The van der Waals surface area contributed by atoms with E-state index >= 15 is 0 Å². The van der Waals surface area contributed by atoms with E-state index in [4.69, 9.17) is 4.74 Å². The fourth-order valence-electron chi connectivity index (χ4n) is 2.37. The Balaban J connectivity index is 2.19. The molecule has 0 aliphatic carbocycles. The van der Waals surface area contributed by atoms with Crippen LogP contribution in [0.25, 0.3) is 10.9 Å². The third-order valence-corrected chi connectivity index (χ3v) is 3.39. The van der Waals surface area contributed by atoms with Crippen molar-refractivity contribution in [2.24, 2.45) is 7.05 Å². The summed E-state index contributed by atoms with van der Waals surface area (Å²) in [5.74, 6) is -0.0218. The number of para-hydroxylation sites is 1. The first-order valence-corrected chi connectivity index (χ1v) is 6.10. The van der Waals surface area contributed by atoms with Gasteiger partial charge >= 0.3 is 0 Å². The maximum absolute atomic E-state index is 12.3. The largest absolute Gasteiger partial charge is 0.493 e. The van der Waals surface area contributed by atoms with Crippen LogP contribution >= 0.6 is 0 Å². The molecule has 2 aromatic rings. The van der Waals surface area contributed by atoms with Crippen molar-refractivity contribution in [2.75, 3.05) is 0 Å². The van der Waals surface area contributed by atoms with Gasteiger partial charge in [0.1, 0.15) is 6.10 Å². The Bertz CT molecular complexity index is 743. The second kappa shape index (κ2) is 4.39. The minimum absolute atomic E-state index is 0.0218. The highest BCUT2D eigenvalue weighted by molar-refractivity contribution is 5.90. The van der Waals surface area contributed by atoms with Gasteiger partial charge in [-0.05, 0) is 17.5 Å². The smallest absolute Gasteiger partial charge is 0.257 e. The van der Waals surface area contributed by atoms with Gasteiger partial charge in [0.15, 0.2) is 5.78 Å². The Kier molecular flexibility index (Phi) is 2.71.